The third kappa shape index (κ3) is 5.55. The van der Waals surface area contributed by atoms with E-state index in [1.54, 1.807) is 24.3 Å². The first-order chi connectivity index (χ1) is 14.8. The Morgan fingerprint density at radius 1 is 0.935 bits per heavy atom. The van der Waals surface area contributed by atoms with Gasteiger partial charge in [-0.25, -0.2) is 4.79 Å². The molecule has 3 nitrogen and oxygen atoms in total. The molecule has 0 spiro atoms. The molecular weight excluding hydrogens is 384 g/mol. The van der Waals surface area contributed by atoms with Gasteiger partial charge in [0, 0.05) is 5.41 Å². The number of hydrogen-bond acceptors (Lipinski definition) is 3. The Labute approximate surface area is 184 Å². The van der Waals surface area contributed by atoms with Gasteiger partial charge in [0.25, 0.3) is 0 Å². The summed E-state index contributed by atoms with van der Waals surface area (Å²) < 4.78 is 5.53. The lowest BCUT2D eigenvalue weighted by Crippen LogP contribution is -2.24. The number of hydrogen-bond donors (Lipinski definition) is 1. The lowest BCUT2D eigenvalue weighted by Gasteiger charge is -2.28. The van der Waals surface area contributed by atoms with Crippen LogP contribution in [0.2, 0.25) is 0 Å². The van der Waals surface area contributed by atoms with E-state index >= 15 is 0 Å². The molecule has 0 radical (unpaired) electrons. The molecule has 0 aliphatic carbocycles. The van der Waals surface area contributed by atoms with E-state index in [1.807, 2.05) is 55.5 Å². The van der Waals surface area contributed by atoms with E-state index in [4.69, 9.17) is 4.74 Å². The normalized spacial score (nSPS) is 12.5. The maximum Gasteiger partial charge on any atom is 0.343 e. The molecule has 1 unspecified atom stereocenters. The molecule has 0 saturated carbocycles. The summed E-state index contributed by atoms with van der Waals surface area (Å²) >= 11 is 0. The van der Waals surface area contributed by atoms with Gasteiger partial charge in [0.2, 0.25) is 0 Å². The highest BCUT2D eigenvalue weighted by molar-refractivity contribution is 5.91. The fraction of sp³-hybridized carbons (Fsp3) is 0.250. The zero-order valence-electron chi connectivity index (χ0n) is 18.5. The van der Waals surface area contributed by atoms with Crippen molar-refractivity contribution in [2.75, 3.05) is 0 Å². The highest BCUT2D eigenvalue weighted by atomic mass is 16.5. The number of carbonyl (C=O) groups excluding carboxylic acids is 1. The van der Waals surface area contributed by atoms with Gasteiger partial charge in [-0.05, 0) is 79.3 Å². The van der Waals surface area contributed by atoms with Gasteiger partial charge in [-0.2, -0.15) is 0 Å². The molecule has 0 amide bonds. The third-order valence-corrected chi connectivity index (χ3v) is 5.71. The van der Waals surface area contributed by atoms with Crippen LogP contribution in [0.15, 0.2) is 72.8 Å². The summed E-state index contributed by atoms with van der Waals surface area (Å²) in [6.07, 6.45) is 0.833. The van der Waals surface area contributed by atoms with Crippen molar-refractivity contribution in [3.8, 4) is 34.5 Å². The minimum absolute atomic E-state index is 0.101. The van der Waals surface area contributed by atoms with Crippen LogP contribution < -0.4 is 4.74 Å². The summed E-state index contributed by atoms with van der Waals surface area (Å²) in [7, 11) is 0. The van der Waals surface area contributed by atoms with Crippen molar-refractivity contribution in [3.05, 3.63) is 83.9 Å². The van der Waals surface area contributed by atoms with Gasteiger partial charge in [-0.1, -0.05) is 56.2 Å². The second kappa shape index (κ2) is 9.53. The highest BCUT2D eigenvalue weighted by Gasteiger charge is 2.26. The Balaban J connectivity index is 1.66. The Hall–Kier alpha value is -3.51. The molecule has 3 heteroatoms. The topological polar surface area (TPSA) is 46.5 Å². The summed E-state index contributed by atoms with van der Waals surface area (Å²) in [5.41, 5.74) is 3.52. The Morgan fingerprint density at radius 2 is 1.48 bits per heavy atom. The molecule has 0 fully saturated rings. The number of phenols is 1. The average molecular weight is 413 g/mol. The fourth-order valence-corrected chi connectivity index (χ4v) is 3.40. The van der Waals surface area contributed by atoms with Gasteiger partial charge in [0.1, 0.15) is 11.5 Å². The molecule has 1 N–H and O–H groups in total. The number of aromatic hydroxyl groups is 1. The van der Waals surface area contributed by atoms with Crippen molar-refractivity contribution in [2.45, 2.75) is 34.1 Å². The first-order valence-corrected chi connectivity index (χ1v) is 10.5. The molecule has 0 aliphatic heterocycles. The van der Waals surface area contributed by atoms with Crippen LogP contribution in [0.5, 0.6) is 11.5 Å². The lowest BCUT2D eigenvalue weighted by atomic mass is 9.75. The average Bonchev–Trinajstić information content (AvgIpc) is 2.75. The molecule has 0 bridgehead atoms. The summed E-state index contributed by atoms with van der Waals surface area (Å²) in [6.45, 7) is 8.42. The minimum Gasteiger partial charge on any atom is -0.508 e. The SMILES string of the molecule is CC#CC(C)(Cc1ccc(C(=O)Oc2ccc(-c3ccc(O)cc3)cc2)cc1)C(C)C. The molecule has 1 atom stereocenters. The zero-order valence-corrected chi connectivity index (χ0v) is 18.5. The van der Waals surface area contributed by atoms with E-state index in [1.165, 1.54) is 0 Å². The second-order valence-electron chi connectivity index (χ2n) is 8.28. The van der Waals surface area contributed by atoms with Crippen molar-refractivity contribution >= 4 is 5.97 Å². The molecular formula is C28H28O3. The van der Waals surface area contributed by atoms with Crippen LogP contribution in [0.3, 0.4) is 0 Å². The van der Waals surface area contributed by atoms with Crippen LogP contribution in [0.25, 0.3) is 11.1 Å². The number of phenolic OH excluding ortho intramolecular Hbond substituents is 1. The monoisotopic (exact) mass is 412 g/mol. The first-order valence-electron chi connectivity index (χ1n) is 10.5. The molecule has 3 rings (SSSR count). The molecule has 0 aliphatic rings. The number of ether oxygens (including phenoxy) is 1. The van der Waals surface area contributed by atoms with E-state index in [0.717, 1.165) is 23.1 Å². The highest BCUT2D eigenvalue weighted by Crippen LogP contribution is 2.31. The van der Waals surface area contributed by atoms with Crippen LogP contribution >= 0.6 is 0 Å². The standard InChI is InChI=1S/C28H28O3/c1-5-18-28(4,20(2)3)19-21-6-8-24(9-7-21)27(30)31-26-16-12-23(13-17-26)22-10-14-25(29)15-11-22/h6-17,20,29H,19H2,1-4H3. The Bertz CT molecular complexity index is 1080. The van der Waals surface area contributed by atoms with Gasteiger partial charge in [0.15, 0.2) is 0 Å². The first kappa shape index (κ1) is 22.2. The van der Waals surface area contributed by atoms with Crippen molar-refractivity contribution in [1.82, 2.24) is 0 Å². The van der Waals surface area contributed by atoms with Crippen molar-refractivity contribution in [1.29, 1.82) is 0 Å². The summed E-state index contributed by atoms with van der Waals surface area (Å²) in [6, 6.07) is 21.9. The summed E-state index contributed by atoms with van der Waals surface area (Å²) in [4.78, 5) is 12.5. The lowest BCUT2D eigenvalue weighted by molar-refractivity contribution is 0.0734. The third-order valence-electron chi connectivity index (χ3n) is 5.71. The summed E-state index contributed by atoms with van der Waals surface area (Å²) in [5, 5.41) is 9.41. The number of rotatable bonds is 6. The van der Waals surface area contributed by atoms with Gasteiger partial charge >= 0.3 is 5.97 Å². The van der Waals surface area contributed by atoms with E-state index in [2.05, 4.69) is 32.6 Å². The van der Waals surface area contributed by atoms with Crippen LogP contribution in [-0.4, -0.2) is 11.1 Å². The van der Waals surface area contributed by atoms with Crippen molar-refractivity contribution < 1.29 is 14.6 Å². The minimum atomic E-state index is -0.385. The van der Waals surface area contributed by atoms with Gasteiger partial charge in [-0.15, -0.1) is 5.92 Å². The van der Waals surface area contributed by atoms with Crippen LogP contribution in [0, 0.1) is 23.2 Å². The largest absolute Gasteiger partial charge is 0.508 e. The molecule has 0 aromatic heterocycles. The molecule has 3 aromatic carbocycles. The van der Waals surface area contributed by atoms with Gasteiger partial charge in [-0.3, -0.25) is 0 Å². The van der Waals surface area contributed by atoms with Gasteiger partial charge < -0.3 is 9.84 Å². The maximum atomic E-state index is 12.5. The van der Waals surface area contributed by atoms with E-state index in [9.17, 15) is 9.90 Å². The predicted octanol–water partition coefficient (Wildman–Crippen LogP) is 6.51. The van der Waals surface area contributed by atoms with Crippen molar-refractivity contribution in [2.24, 2.45) is 11.3 Å². The molecule has 0 saturated heterocycles. The van der Waals surface area contributed by atoms with Crippen LogP contribution in [0.1, 0.15) is 43.6 Å². The molecule has 31 heavy (non-hydrogen) atoms. The van der Waals surface area contributed by atoms with E-state index in [-0.39, 0.29) is 17.1 Å². The van der Waals surface area contributed by atoms with E-state index < -0.39 is 0 Å². The quantitative estimate of drug-likeness (QED) is 0.285. The Kier molecular flexibility index (Phi) is 6.82. The molecule has 0 heterocycles. The smallest absolute Gasteiger partial charge is 0.343 e. The van der Waals surface area contributed by atoms with Crippen LogP contribution in [0.4, 0.5) is 0 Å². The number of esters is 1. The summed E-state index contributed by atoms with van der Waals surface area (Å²) in [5.74, 6) is 7.15. The maximum absolute atomic E-state index is 12.5. The van der Waals surface area contributed by atoms with Gasteiger partial charge in [0.05, 0.1) is 5.56 Å². The molecule has 158 valence electrons. The van der Waals surface area contributed by atoms with Crippen molar-refractivity contribution in [3.63, 3.8) is 0 Å². The Morgan fingerprint density at radius 3 is 2.00 bits per heavy atom. The predicted molar refractivity (Wildman–Crippen MR) is 125 cm³/mol. The fourth-order valence-electron chi connectivity index (χ4n) is 3.40. The second-order valence-corrected chi connectivity index (χ2v) is 8.28. The number of benzene rings is 3. The zero-order chi connectivity index (χ0) is 22.4. The van der Waals surface area contributed by atoms with Crippen LogP contribution in [-0.2, 0) is 6.42 Å². The van der Waals surface area contributed by atoms with E-state index in [0.29, 0.717) is 17.2 Å². The molecule has 3 aromatic rings. The number of carbonyl (C=O) groups is 1.